The Kier molecular flexibility index (Phi) is 4.23. The minimum atomic E-state index is -0.196. The number of hydrogen-bond acceptors (Lipinski definition) is 4. The second-order valence-corrected chi connectivity index (χ2v) is 7.44. The van der Waals surface area contributed by atoms with Gasteiger partial charge in [-0.3, -0.25) is 0 Å². The van der Waals surface area contributed by atoms with Gasteiger partial charge in [0.15, 0.2) is 5.79 Å². The molecular formula is C17H30N2O2. The molecule has 4 rings (SSSR count). The van der Waals surface area contributed by atoms with E-state index in [9.17, 15) is 0 Å². The average molecular weight is 294 g/mol. The zero-order valence-corrected chi connectivity index (χ0v) is 13.2. The van der Waals surface area contributed by atoms with Crippen LogP contribution in [-0.4, -0.2) is 55.6 Å². The molecule has 4 heteroatoms. The van der Waals surface area contributed by atoms with Crippen LogP contribution in [0.3, 0.4) is 0 Å². The predicted octanol–water partition coefficient (Wildman–Crippen LogP) is 2.14. The molecule has 4 fully saturated rings. The highest BCUT2D eigenvalue weighted by molar-refractivity contribution is 4.91. The van der Waals surface area contributed by atoms with E-state index in [2.05, 4.69) is 10.2 Å². The van der Waals surface area contributed by atoms with E-state index in [1.165, 1.54) is 58.2 Å². The Morgan fingerprint density at radius 3 is 2.48 bits per heavy atom. The van der Waals surface area contributed by atoms with Crippen LogP contribution < -0.4 is 5.32 Å². The van der Waals surface area contributed by atoms with E-state index >= 15 is 0 Å². The highest BCUT2D eigenvalue weighted by atomic mass is 16.7. The molecule has 4 aliphatic rings. The lowest BCUT2D eigenvalue weighted by Crippen LogP contribution is -2.50. The molecule has 1 spiro atoms. The first-order chi connectivity index (χ1) is 10.3. The molecule has 0 amide bonds. The summed E-state index contributed by atoms with van der Waals surface area (Å²) >= 11 is 0. The first-order valence-corrected chi connectivity index (χ1v) is 9.10. The third-order valence-corrected chi connectivity index (χ3v) is 6.20. The number of nitrogens with one attached hydrogen (secondary N) is 1. The molecule has 1 aliphatic carbocycles. The molecule has 0 aromatic heterocycles. The summed E-state index contributed by atoms with van der Waals surface area (Å²) in [5.74, 6) is 0.690. The number of likely N-dealkylation sites (tertiary alicyclic amines) is 1. The maximum Gasteiger partial charge on any atom is 0.168 e. The molecule has 3 saturated heterocycles. The van der Waals surface area contributed by atoms with Gasteiger partial charge in [0.1, 0.15) is 0 Å². The van der Waals surface area contributed by atoms with E-state index in [1.807, 2.05) is 0 Å². The number of rotatable bonds is 2. The number of hydrogen-bond donors (Lipinski definition) is 1. The van der Waals surface area contributed by atoms with Crippen molar-refractivity contribution < 1.29 is 9.47 Å². The molecule has 3 heterocycles. The molecule has 0 aromatic rings. The van der Waals surface area contributed by atoms with Crippen molar-refractivity contribution >= 4 is 0 Å². The van der Waals surface area contributed by atoms with Crippen LogP contribution in [0.15, 0.2) is 0 Å². The second kappa shape index (κ2) is 6.15. The van der Waals surface area contributed by atoms with Gasteiger partial charge in [0.05, 0.1) is 13.2 Å². The summed E-state index contributed by atoms with van der Waals surface area (Å²) in [5, 5.41) is 3.72. The second-order valence-electron chi connectivity index (χ2n) is 7.44. The van der Waals surface area contributed by atoms with Crippen LogP contribution >= 0.6 is 0 Å². The van der Waals surface area contributed by atoms with E-state index in [-0.39, 0.29) is 5.79 Å². The van der Waals surface area contributed by atoms with Crippen molar-refractivity contribution in [2.45, 2.75) is 69.2 Å². The van der Waals surface area contributed by atoms with Crippen molar-refractivity contribution in [2.24, 2.45) is 5.92 Å². The highest BCUT2D eigenvalue weighted by Crippen LogP contribution is 2.38. The van der Waals surface area contributed by atoms with Crippen molar-refractivity contribution in [1.82, 2.24) is 10.2 Å². The van der Waals surface area contributed by atoms with Crippen LogP contribution in [0.5, 0.6) is 0 Å². The van der Waals surface area contributed by atoms with Gasteiger partial charge in [-0.05, 0) is 57.5 Å². The zero-order valence-electron chi connectivity index (χ0n) is 13.2. The molecule has 1 saturated carbocycles. The fourth-order valence-electron chi connectivity index (χ4n) is 5.01. The molecule has 120 valence electrons. The van der Waals surface area contributed by atoms with E-state index in [0.717, 1.165) is 44.1 Å². The molecule has 2 unspecified atom stereocenters. The first kappa shape index (κ1) is 14.4. The standard InChI is InChI=1S/C17H30N2O2/c1-4-16(18-9-1)14-3-2-10-19(13-14)15-5-7-17(8-6-15)20-11-12-21-17/h14-16,18H,1-13H2. The molecule has 4 nitrogen and oxygen atoms in total. The first-order valence-electron chi connectivity index (χ1n) is 9.10. The minimum Gasteiger partial charge on any atom is -0.348 e. The van der Waals surface area contributed by atoms with E-state index in [1.54, 1.807) is 0 Å². The fourth-order valence-corrected chi connectivity index (χ4v) is 5.01. The summed E-state index contributed by atoms with van der Waals surface area (Å²) in [6.07, 6.45) is 10.3. The average Bonchev–Trinajstić information content (AvgIpc) is 3.20. The van der Waals surface area contributed by atoms with Crippen molar-refractivity contribution in [3.63, 3.8) is 0 Å². The smallest absolute Gasteiger partial charge is 0.168 e. The van der Waals surface area contributed by atoms with Crippen LogP contribution in [0, 0.1) is 5.92 Å². The van der Waals surface area contributed by atoms with Gasteiger partial charge in [-0.25, -0.2) is 0 Å². The number of nitrogens with zero attached hydrogens (tertiary/aromatic N) is 1. The highest BCUT2D eigenvalue weighted by Gasteiger charge is 2.42. The number of ether oxygens (including phenoxy) is 2. The Labute approximate surface area is 128 Å². The minimum absolute atomic E-state index is 0.196. The van der Waals surface area contributed by atoms with Gasteiger partial charge < -0.3 is 19.7 Å². The summed E-state index contributed by atoms with van der Waals surface area (Å²) in [4.78, 5) is 2.79. The van der Waals surface area contributed by atoms with Crippen LogP contribution in [-0.2, 0) is 9.47 Å². The quantitative estimate of drug-likeness (QED) is 0.846. The van der Waals surface area contributed by atoms with Gasteiger partial charge >= 0.3 is 0 Å². The van der Waals surface area contributed by atoms with Crippen molar-refractivity contribution in [2.75, 3.05) is 32.8 Å². The Bertz CT molecular complexity index is 341. The van der Waals surface area contributed by atoms with Gasteiger partial charge in [0, 0.05) is 31.5 Å². The molecule has 2 atom stereocenters. The lowest BCUT2D eigenvalue weighted by molar-refractivity contribution is -0.184. The van der Waals surface area contributed by atoms with Crippen LogP contribution in [0.2, 0.25) is 0 Å². The van der Waals surface area contributed by atoms with Gasteiger partial charge in [0.25, 0.3) is 0 Å². The van der Waals surface area contributed by atoms with Gasteiger partial charge in [-0.15, -0.1) is 0 Å². The summed E-state index contributed by atoms with van der Waals surface area (Å²) in [6, 6.07) is 1.57. The van der Waals surface area contributed by atoms with Crippen molar-refractivity contribution in [3.05, 3.63) is 0 Å². The fraction of sp³-hybridized carbons (Fsp3) is 1.00. The maximum atomic E-state index is 5.87. The molecule has 0 radical (unpaired) electrons. The molecule has 3 aliphatic heterocycles. The van der Waals surface area contributed by atoms with E-state index in [0.29, 0.717) is 0 Å². The van der Waals surface area contributed by atoms with Crippen LogP contribution in [0.1, 0.15) is 51.4 Å². The molecule has 0 bridgehead atoms. The molecule has 0 aromatic carbocycles. The summed E-state index contributed by atoms with van der Waals surface area (Å²) < 4.78 is 11.7. The third kappa shape index (κ3) is 3.00. The van der Waals surface area contributed by atoms with Gasteiger partial charge in [-0.1, -0.05) is 0 Å². The largest absolute Gasteiger partial charge is 0.348 e. The zero-order chi connectivity index (χ0) is 14.1. The van der Waals surface area contributed by atoms with Crippen molar-refractivity contribution in [1.29, 1.82) is 0 Å². The van der Waals surface area contributed by atoms with Crippen molar-refractivity contribution in [3.8, 4) is 0 Å². The SMILES string of the molecule is C1CNC(C2CCCN(C3CCC4(CC3)OCCO4)C2)C1. The Morgan fingerprint density at radius 2 is 1.76 bits per heavy atom. The van der Waals surface area contributed by atoms with E-state index in [4.69, 9.17) is 9.47 Å². The van der Waals surface area contributed by atoms with Crippen LogP contribution in [0.4, 0.5) is 0 Å². The Balaban J connectivity index is 1.31. The third-order valence-electron chi connectivity index (χ3n) is 6.20. The normalized spacial score (nSPS) is 38.3. The molecular weight excluding hydrogens is 264 g/mol. The topological polar surface area (TPSA) is 33.7 Å². The van der Waals surface area contributed by atoms with Gasteiger partial charge in [-0.2, -0.15) is 0 Å². The monoisotopic (exact) mass is 294 g/mol. The lowest BCUT2D eigenvalue weighted by atomic mass is 9.85. The van der Waals surface area contributed by atoms with Gasteiger partial charge in [0.2, 0.25) is 0 Å². The maximum absolute atomic E-state index is 5.87. The summed E-state index contributed by atoms with van der Waals surface area (Å²) in [5.41, 5.74) is 0. The Hall–Kier alpha value is -0.160. The lowest BCUT2D eigenvalue weighted by Gasteiger charge is -2.44. The summed E-state index contributed by atoms with van der Waals surface area (Å²) in [6.45, 7) is 5.45. The van der Waals surface area contributed by atoms with E-state index < -0.39 is 0 Å². The molecule has 21 heavy (non-hydrogen) atoms. The molecule has 1 N–H and O–H groups in total. The Morgan fingerprint density at radius 1 is 0.952 bits per heavy atom. The van der Waals surface area contributed by atoms with Crippen LogP contribution in [0.25, 0.3) is 0 Å². The summed E-state index contributed by atoms with van der Waals surface area (Å²) in [7, 11) is 0. The number of piperidine rings is 1. The predicted molar refractivity (Wildman–Crippen MR) is 82.2 cm³/mol.